The molecular weight excluding hydrogens is 468 g/mol. The van der Waals surface area contributed by atoms with Crippen LogP contribution in [0.1, 0.15) is 54.4 Å². The second kappa shape index (κ2) is 11.7. The van der Waals surface area contributed by atoms with Crippen LogP contribution in [0.2, 0.25) is 0 Å². The molecule has 4 N–H and O–H groups in total. The minimum absolute atomic E-state index is 0.110. The van der Waals surface area contributed by atoms with Crippen molar-refractivity contribution in [2.75, 3.05) is 23.8 Å². The van der Waals surface area contributed by atoms with Crippen LogP contribution in [0.5, 0.6) is 5.75 Å². The topological polar surface area (TPSA) is 130 Å². The summed E-state index contributed by atoms with van der Waals surface area (Å²) in [6.45, 7) is 3.04. The number of carbonyl (C=O) groups excluding carboxylic acids is 1. The molecule has 5 rings (SSSR count). The van der Waals surface area contributed by atoms with Gasteiger partial charge < -0.3 is 25.7 Å². The fraction of sp³-hybridized carbons (Fsp3) is 0.370. The largest absolute Gasteiger partial charge is 0.494 e. The number of H-pyrrole nitrogens is 1. The second-order valence-electron chi connectivity index (χ2n) is 9.27. The number of nitrogens with one attached hydrogen (secondary N) is 4. The molecule has 1 amide bonds. The number of carbonyl (C=O) groups is 1. The first kappa shape index (κ1) is 24.5. The zero-order chi connectivity index (χ0) is 25.5. The summed E-state index contributed by atoms with van der Waals surface area (Å²) in [5, 5.41) is 9.83. The standard InChI is InChI=1S/C27H32N8O2/c1-18-16-21(37-15-5-12-29-26(36)19-10-13-28-14-11-19)8-9-22(18)33-27-34-24-23(30-17-31-24)25(35-27)32-20-6-3-2-4-7-20/h8-11,13-14,16-17,20H,2-7,12,15H2,1H3,(H,29,36)(H3,30,31,32,33,34,35). The summed E-state index contributed by atoms with van der Waals surface area (Å²) in [6, 6.07) is 9.66. The van der Waals surface area contributed by atoms with Gasteiger partial charge in [-0.3, -0.25) is 9.78 Å². The number of aromatic amines is 1. The van der Waals surface area contributed by atoms with Crippen molar-refractivity contribution in [3.05, 3.63) is 60.2 Å². The predicted octanol–water partition coefficient (Wildman–Crippen LogP) is 4.74. The third-order valence-corrected chi connectivity index (χ3v) is 6.49. The lowest BCUT2D eigenvalue weighted by Crippen LogP contribution is -2.25. The van der Waals surface area contributed by atoms with E-state index in [2.05, 4.69) is 35.9 Å². The molecule has 192 valence electrons. The van der Waals surface area contributed by atoms with Crippen LogP contribution in [0, 0.1) is 6.92 Å². The molecule has 0 aliphatic heterocycles. The summed E-state index contributed by atoms with van der Waals surface area (Å²) in [5.41, 5.74) is 3.96. The number of pyridine rings is 1. The van der Waals surface area contributed by atoms with Crippen molar-refractivity contribution >= 4 is 34.5 Å². The Morgan fingerprint density at radius 2 is 1.95 bits per heavy atom. The molecule has 1 saturated carbocycles. The van der Waals surface area contributed by atoms with Gasteiger partial charge in [-0.15, -0.1) is 0 Å². The molecule has 0 saturated heterocycles. The van der Waals surface area contributed by atoms with Crippen molar-refractivity contribution in [3.8, 4) is 5.75 Å². The minimum Gasteiger partial charge on any atom is -0.494 e. The van der Waals surface area contributed by atoms with E-state index in [-0.39, 0.29) is 5.91 Å². The summed E-state index contributed by atoms with van der Waals surface area (Å²) in [6.07, 6.45) is 11.7. The minimum atomic E-state index is -0.110. The lowest BCUT2D eigenvalue weighted by molar-refractivity contribution is 0.0951. The Morgan fingerprint density at radius 1 is 1.11 bits per heavy atom. The van der Waals surface area contributed by atoms with Crippen LogP contribution in [0.4, 0.5) is 17.5 Å². The van der Waals surface area contributed by atoms with Crippen molar-refractivity contribution in [1.29, 1.82) is 0 Å². The number of hydrogen-bond donors (Lipinski definition) is 4. The van der Waals surface area contributed by atoms with Gasteiger partial charge in [-0.05, 0) is 62.1 Å². The lowest BCUT2D eigenvalue weighted by Gasteiger charge is -2.23. The van der Waals surface area contributed by atoms with Crippen LogP contribution in [0.15, 0.2) is 49.1 Å². The fourth-order valence-corrected chi connectivity index (χ4v) is 4.49. The monoisotopic (exact) mass is 500 g/mol. The zero-order valence-corrected chi connectivity index (χ0v) is 21.0. The molecule has 1 aliphatic rings. The number of fused-ring (bicyclic) bond motifs is 1. The second-order valence-corrected chi connectivity index (χ2v) is 9.27. The van der Waals surface area contributed by atoms with E-state index in [1.54, 1.807) is 30.9 Å². The van der Waals surface area contributed by atoms with Crippen molar-refractivity contribution in [2.24, 2.45) is 0 Å². The number of rotatable bonds is 10. The van der Waals surface area contributed by atoms with Crippen LogP contribution in [0.25, 0.3) is 11.2 Å². The molecule has 1 fully saturated rings. The lowest BCUT2D eigenvalue weighted by atomic mass is 9.95. The number of anilines is 3. The quantitative estimate of drug-likeness (QED) is 0.230. The number of aromatic nitrogens is 5. The van der Waals surface area contributed by atoms with Crippen LogP contribution < -0.4 is 20.7 Å². The molecule has 37 heavy (non-hydrogen) atoms. The Hall–Kier alpha value is -4.21. The molecule has 10 heteroatoms. The van der Waals surface area contributed by atoms with Gasteiger partial charge >= 0.3 is 0 Å². The van der Waals surface area contributed by atoms with Crippen molar-refractivity contribution < 1.29 is 9.53 Å². The Morgan fingerprint density at radius 3 is 2.76 bits per heavy atom. The van der Waals surface area contributed by atoms with Gasteiger partial charge in [0.15, 0.2) is 11.5 Å². The number of ether oxygens (including phenoxy) is 1. The van der Waals surface area contributed by atoms with E-state index >= 15 is 0 Å². The van der Waals surface area contributed by atoms with Crippen LogP contribution >= 0.6 is 0 Å². The van der Waals surface area contributed by atoms with E-state index in [0.717, 1.165) is 41.2 Å². The predicted molar refractivity (Wildman–Crippen MR) is 143 cm³/mol. The summed E-state index contributed by atoms with van der Waals surface area (Å²) in [5.74, 6) is 1.94. The van der Waals surface area contributed by atoms with Gasteiger partial charge in [-0.1, -0.05) is 19.3 Å². The van der Waals surface area contributed by atoms with Crippen molar-refractivity contribution in [2.45, 2.75) is 51.5 Å². The molecule has 0 atom stereocenters. The highest BCUT2D eigenvalue weighted by Crippen LogP contribution is 2.28. The highest BCUT2D eigenvalue weighted by Gasteiger charge is 2.17. The van der Waals surface area contributed by atoms with E-state index in [1.165, 1.54) is 19.3 Å². The van der Waals surface area contributed by atoms with E-state index < -0.39 is 0 Å². The molecule has 1 aliphatic carbocycles. The highest BCUT2D eigenvalue weighted by molar-refractivity contribution is 5.93. The van der Waals surface area contributed by atoms with E-state index in [4.69, 9.17) is 9.72 Å². The van der Waals surface area contributed by atoms with Gasteiger partial charge in [0.1, 0.15) is 11.3 Å². The molecule has 3 heterocycles. The maximum atomic E-state index is 12.1. The Bertz CT molecular complexity index is 1340. The van der Waals surface area contributed by atoms with Crippen molar-refractivity contribution in [1.82, 2.24) is 30.2 Å². The summed E-state index contributed by atoms with van der Waals surface area (Å²) in [7, 11) is 0. The average Bonchev–Trinajstić information content (AvgIpc) is 3.40. The fourth-order valence-electron chi connectivity index (χ4n) is 4.49. The average molecular weight is 501 g/mol. The number of imidazole rings is 1. The third kappa shape index (κ3) is 6.32. The molecule has 4 aromatic rings. The van der Waals surface area contributed by atoms with Crippen LogP contribution in [-0.2, 0) is 0 Å². The molecule has 0 unspecified atom stereocenters. The first-order valence-corrected chi connectivity index (χ1v) is 12.8. The summed E-state index contributed by atoms with van der Waals surface area (Å²) < 4.78 is 5.89. The molecule has 0 radical (unpaired) electrons. The molecule has 3 aromatic heterocycles. The van der Waals surface area contributed by atoms with Gasteiger partial charge in [0.2, 0.25) is 5.95 Å². The maximum absolute atomic E-state index is 12.1. The molecule has 1 aromatic carbocycles. The van der Waals surface area contributed by atoms with Gasteiger partial charge in [-0.25, -0.2) is 4.98 Å². The Kier molecular flexibility index (Phi) is 7.73. The number of aryl methyl sites for hydroxylation is 1. The summed E-state index contributed by atoms with van der Waals surface area (Å²) in [4.78, 5) is 32.9. The smallest absolute Gasteiger partial charge is 0.251 e. The Labute approximate surface area is 215 Å². The molecule has 0 spiro atoms. The normalized spacial score (nSPS) is 13.9. The van der Waals surface area contributed by atoms with Crippen LogP contribution in [0.3, 0.4) is 0 Å². The highest BCUT2D eigenvalue weighted by atomic mass is 16.5. The van der Waals surface area contributed by atoms with Gasteiger partial charge in [0, 0.05) is 36.2 Å². The maximum Gasteiger partial charge on any atom is 0.251 e. The molecular formula is C27H32N8O2. The van der Waals surface area contributed by atoms with E-state index in [9.17, 15) is 4.79 Å². The first-order valence-electron chi connectivity index (χ1n) is 12.8. The third-order valence-electron chi connectivity index (χ3n) is 6.49. The van der Waals surface area contributed by atoms with Crippen molar-refractivity contribution in [3.63, 3.8) is 0 Å². The van der Waals surface area contributed by atoms with Gasteiger partial charge in [0.25, 0.3) is 5.91 Å². The SMILES string of the molecule is Cc1cc(OCCCNC(=O)c2ccncc2)ccc1Nc1nc(NC2CCCCC2)c2[nH]cnc2n1. The number of amides is 1. The molecule has 10 nitrogen and oxygen atoms in total. The molecule has 0 bridgehead atoms. The zero-order valence-electron chi connectivity index (χ0n) is 21.0. The number of benzene rings is 1. The number of hydrogen-bond acceptors (Lipinski definition) is 8. The number of nitrogens with zero attached hydrogens (tertiary/aromatic N) is 4. The van der Waals surface area contributed by atoms with Crippen LogP contribution in [-0.4, -0.2) is 50.0 Å². The Balaban J connectivity index is 1.16. The summed E-state index contributed by atoms with van der Waals surface area (Å²) >= 11 is 0. The van der Waals surface area contributed by atoms with Gasteiger partial charge in [0.05, 0.1) is 12.9 Å². The van der Waals surface area contributed by atoms with Gasteiger partial charge in [-0.2, -0.15) is 9.97 Å². The van der Waals surface area contributed by atoms with E-state index in [1.807, 2.05) is 25.1 Å². The van der Waals surface area contributed by atoms with E-state index in [0.29, 0.717) is 42.8 Å². The first-order chi connectivity index (χ1) is 18.2.